The number of hydrogen-bond donors (Lipinski definition) is 4. The largest absolute Gasteiger partial charge is 0.465 e. The van der Waals surface area contributed by atoms with Crippen LogP contribution in [0.3, 0.4) is 0 Å². The fourth-order valence-corrected chi connectivity index (χ4v) is 5.23. The highest BCUT2D eigenvalue weighted by Gasteiger charge is 2.53. The lowest BCUT2D eigenvalue weighted by Gasteiger charge is -2.36. The van der Waals surface area contributed by atoms with Crippen LogP contribution in [0, 0.1) is 11.8 Å². The number of likely N-dealkylation sites (tertiary alicyclic amines) is 1. The first-order valence-electron chi connectivity index (χ1n) is 13.5. The number of nitrogens with zero attached hydrogens (tertiary/aromatic N) is 1. The molecule has 0 aromatic rings. The van der Waals surface area contributed by atoms with Crippen molar-refractivity contribution in [1.29, 1.82) is 0 Å². The lowest BCUT2D eigenvalue weighted by atomic mass is 9.81. The molecule has 3 fully saturated rings. The maximum atomic E-state index is 13.7. The summed E-state index contributed by atoms with van der Waals surface area (Å²) in [5.41, 5.74) is 0. The van der Waals surface area contributed by atoms with Gasteiger partial charge in [-0.1, -0.05) is 0 Å². The maximum absolute atomic E-state index is 13.7. The number of carbonyl (C=O) groups is 5. The van der Waals surface area contributed by atoms with Gasteiger partial charge in [0.05, 0.1) is 12.0 Å². The number of Topliss-reactive ketones (excluding diaryl/α,β-unsaturated/α-hetero) is 1. The molecule has 4 atom stereocenters. The molecule has 1 saturated heterocycles. The van der Waals surface area contributed by atoms with Crippen molar-refractivity contribution < 1.29 is 59.8 Å². The molecule has 3 rings (SSSR count). The van der Waals surface area contributed by atoms with E-state index in [0.717, 1.165) is 0 Å². The van der Waals surface area contributed by atoms with Crippen molar-refractivity contribution in [2.24, 2.45) is 11.8 Å². The molecular formula is C25H33F7N4O6. The summed E-state index contributed by atoms with van der Waals surface area (Å²) in [7, 11) is 0. The Balaban J connectivity index is 1.85. The van der Waals surface area contributed by atoms with Gasteiger partial charge in [0.25, 0.3) is 5.91 Å². The lowest BCUT2D eigenvalue weighted by molar-refractivity contribution is -0.171. The van der Waals surface area contributed by atoms with E-state index in [1.807, 2.05) is 5.32 Å². The van der Waals surface area contributed by atoms with E-state index in [-0.39, 0.29) is 18.9 Å². The van der Waals surface area contributed by atoms with Gasteiger partial charge in [-0.05, 0) is 51.4 Å². The molecule has 0 aromatic carbocycles. The predicted molar refractivity (Wildman–Crippen MR) is 129 cm³/mol. The molecule has 4 amide bonds. The number of carbonyl (C=O) groups excluding carboxylic acids is 4. The quantitative estimate of drug-likeness (QED) is 0.207. The first-order valence-corrected chi connectivity index (χ1v) is 13.5. The molecule has 10 nitrogen and oxygen atoms in total. The highest BCUT2D eigenvalue weighted by molar-refractivity contribution is 6.38. The Hall–Kier alpha value is -3.14. The zero-order valence-electron chi connectivity index (χ0n) is 22.6. The van der Waals surface area contributed by atoms with Crippen LogP contribution >= 0.6 is 0 Å². The Bertz CT molecular complexity index is 1050. The highest BCUT2D eigenvalue weighted by atomic mass is 19.4. The van der Waals surface area contributed by atoms with E-state index in [0.29, 0.717) is 24.7 Å². The SMILES string of the molecule is CC(F)(F)CCC(NC(=O)[C@@H]1C[C@@H](C(F)(F)F)CN1C(=O)C(NC(=O)O)C1CCC(F)(F)CC1)C(=O)C(=O)NC1CC1. The van der Waals surface area contributed by atoms with Crippen molar-refractivity contribution >= 4 is 29.6 Å². The van der Waals surface area contributed by atoms with E-state index < -0.39 is 116 Å². The molecule has 2 aliphatic carbocycles. The van der Waals surface area contributed by atoms with E-state index in [9.17, 15) is 59.8 Å². The van der Waals surface area contributed by atoms with Crippen LogP contribution in [0.15, 0.2) is 0 Å². The Morgan fingerprint density at radius 3 is 2.07 bits per heavy atom. The molecule has 3 aliphatic rings. The lowest BCUT2D eigenvalue weighted by Crippen LogP contribution is -2.58. The molecule has 2 unspecified atom stereocenters. The number of hydrogen-bond acceptors (Lipinski definition) is 5. The molecular weight excluding hydrogens is 585 g/mol. The minimum absolute atomic E-state index is 0.306. The Kier molecular flexibility index (Phi) is 10.0. The fraction of sp³-hybridized carbons (Fsp3) is 0.800. The van der Waals surface area contributed by atoms with Crippen molar-refractivity contribution in [2.75, 3.05) is 6.54 Å². The first kappa shape index (κ1) is 33.4. The predicted octanol–water partition coefficient (Wildman–Crippen LogP) is 3.00. The Morgan fingerprint density at radius 1 is 0.976 bits per heavy atom. The van der Waals surface area contributed by atoms with Gasteiger partial charge in [0.15, 0.2) is 0 Å². The summed E-state index contributed by atoms with van der Waals surface area (Å²) in [5.74, 6) is -14.7. The summed E-state index contributed by atoms with van der Waals surface area (Å²) in [6.07, 6.45) is -10.2. The van der Waals surface area contributed by atoms with Gasteiger partial charge >= 0.3 is 12.3 Å². The number of carboxylic acid groups (broad SMARTS) is 1. The molecule has 0 radical (unpaired) electrons. The van der Waals surface area contributed by atoms with Crippen LogP contribution in [0.4, 0.5) is 35.5 Å². The van der Waals surface area contributed by atoms with Crippen LogP contribution in [0.1, 0.15) is 64.7 Å². The van der Waals surface area contributed by atoms with Crippen molar-refractivity contribution in [3.8, 4) is 0 Å². The standard InChI is InChI=1S/C25H33F7N4O6/c1-23(26,27)7-6-15(18(37)20(39)33-14-2-3-14)34-19(38)16-10-13(25(30,31)32)11-36(16)21(40)17(35-22(41)42)12-4-8-24(28,29)9-5-12/h12-17,35H,2-11H2,1H3,(H,33,39)(H,34,38)(H,41,42)/t13-,15?,16+,17?/m1/s1. The third-order valence-electron chi connectivity index (χ3n) is 7.77. The minimum atomic E-state index is -4.90. The number of amides is 4. The van der Waals surface area contributed by atoms with Gasteiger partial charge in [0.1, 0.15) is 12.1 Å². The number of ketones is 1. The maximum Gasteiger partial charge on any atom is 0.405 e. The summed E-state index contributed by atoms with van der Waals surface area (Å²) >= 11 is 0. The van der Waals surface area contributed by atoms with Crippen LogP contribution in [0.25, 0.3) is 0 Å². The summed E-state index contributed by atoms with van der Waals surface area (Å²) in [6.45, 7) is -0.544. The van der Waals surface area contributed by atoms with Gasteiger partial charge in [0.2, 0.25) is 29.4 Å². The fourth-order valence-electron chi connectivity index (χ4n) is 5.23. The summed E-state index contributed by atoms with van der Waals surface area (Å²) in [4.78, 5) is 63.7. The molecule has 2 saturated carbocycles. The second-order valence-electron chi connectivity index (χ2n) is 11.4. The third kappa shape index (κ3) is 9.18. The van der Waals surface area contributed by atoms with Crippen molar-refractivity contribution in [1.82, 2.24) is 20.9 Å². The minimum Gasteiger partial charge on any atom is -0.465 e. The van der Waals surface area contributed by atoms with Crippen LogP contribution in [-0.2, 0) is 19.2 Å². The number of rotatable bonds is 11. The van der Waals surface area contributed by atoms with Gasteiger partial charge in [-0.15, -0.1) is 0 Å². The second kappa shape index (κ2) is 12.6. The number of nitrogens with one attached hydrogen (secondary N) is 3. The van der Waals surface area contributed by atoms with Crippen LogP contribution in [-0.4, -0.2) is 88.3 Å². The average molecular weight is 619 g/mol. The molecule has 17 heteroatoms. The first-order chi connectivity index (χ1) is 19.3. The van der Waals surface area contributed by atoms with E-state index >= 15 is 0 Å². The zero-order chi connectivity index (χ0) is 31.6. The van der Waals surface area contributed by atoms with E-state index in [1.54, 1.807) is 0 Å². The molecule has 0 aromatic heterocycles. The molecule has 4 N–H and O–H groups in total. The second-order valence-corrected chi connectivity index (χ2v) is 11.4. The molecule has 238 valence electrons. The monoisotopic (exact) mass is 618 g/mol. The highest BCUT2D eigenvalue weighted by Crippen LogP contribution is 2.40. The Labute approximate surface area is 236 Å². The van der Waals surface area contributed by atoms with Gasteiger partial charge < -0.3 is 26.0 Å². The van der Waals surface area contributed by atoms with Crippen LogP contribution in [0.5, 0.6) is 0 Å². The molecule has 42 heavy (non-hydrogen) atoms. The molecule has 0 bridgehead atoms. The molecule has 1 aliphatic heterocycles. The van der Waals surface area contributed by atoms with E-state index in [4.69, 9.17) is 0 Å². The van der Waals surface area contributed by atoms with Crippen molar-refractivity contribution in [3.63, 3.8) is 0 Å². The van der Waals surface area contributed by atoms with E-state index in [1.165, 1.54) is 0 Å². The van der Waals surface area contributed by atoms with Gasteiger partial charge in [0, 0.05) is 31.8 Å². The van der Waals surface area contributed by atoms with Crippen molar-refractivity contribution in [3.05, 3.63) is 0 Å². The summed E-state index contributed by atoms with van der Waals surface area (Å²) < 4.78 is 95.7. The normalized spacial score (nSPS) is 24.4. The smallest absolute Gasteiger partial charge is 0.405 e. The van der Waals surface area contributed by atoms with Crippen molar-refractivity contribution in [2.45, 2.75) is 107 Å². The summed E-state index contributed by atoms with van der Waals surface area (Å²) in [6, 6.07) is -5.82. The number of halogens is 7. The average Bonchev–Trinajstić information content (AvgIpc) is 3.55. The Morgan fingerprint density at radius 2 is 1.57 bits per heavy atom. The number of alkyl halides is 7. The topological polar surface area (TPSA) is 145 Å². The van der Waals surface area contributed by atoms with Crippen LogP contribution < -0.4 is 16.0 Å². The van der Waals surface area contributed by atoms with Gasteiger partial charge in [-0.3, -0.25) is 19.2 Å². The molecule has 1 heterocycles. The van der Waals surface area contributed by atoms with Crippen LogP contribution in [0.2, 0.25) is 0 Å². The van der Waals surface area contributed by atoms with Gasteiger partial charge in [-0.2, -0.15) is 13.2 Å². The summed E-state index contributed by atoms with van der Waals surface area (Å²) in [5, 5.41) is 15.5. The van der Waals surface area contributed by atoms with E-state index in [2.05, 4.69) is 10.6 Å². The molecule has 0 spiro atoms. The van der Waals surface area contributed by atoms with Gasteiger partial charge in [-0.25, -0.2) is 22.4 Å². The third-order valence-corrected chi connectivity index (χ3v) is 7.77. The zero-order valence-corrected chi connectivity index (χ0v) is 22.6.